The normalized spacial score (nSPS) is 11.5. The highest BCUT2D eigenvalue weighted by molar-refractivity contribution is 6.24. The van der Waals surface area contributed by atoms with Gasteiger partial charge in [-0.05, 0) is 99.1 Å². The Morgan fingerprint density at radius 2 is 0.706 bits per heavy atom. The molecular weight excluding hydrogens is 829 g/mol. The average Bonchev–Trinajstić information content (AvgIpc) is 3.97. The van der Waals surface area contributed by atoms with Crippen LogP contribution in [-0.2, 0) is 0 Å². The van der Waals surface area contributed by atoms with E-state index in [-0.39, 0.29) is 0 Å². The molecule has 0 N–H and O–H groups in total. The number of para-hydroxylation sites is 1. The second-order valence-electron chi connectivity index (χ2n) is 17.2. The maximum atomic E-state index is 6.80. The van der Waals surface area contributed by atoms with Crippen molar-refractivity contribution in [2.24, 2.45) is 0 Å². The third kappa shape index (κ3) is 6.93. The molecule has 68 heavy (non-hydrogen) atoms. The number of benzene rings is 10. The van der Waals surface area contributed by atoms with Crippen molar-refractivity contribution in [2.45, 2.75) is 0 Å². The Morgan fingerprint density at radius 1 is 0.279 bits per heavy atom. The fourth-order valence-corrected chi connectivity index (χ4v) is 9.71. The van der Waals surface area contributed by atoms with E-state index in [1.807, 2.05) is 12.1 Å². The van der Waals surface area contributed by atoms with Gasteiger partial charge in [-0.15, -0.1) is 0 Å². The molecule has 0 spiro atoms. The number of rotatable bonds is 8. The molecule has 5 heteroatoms. The molecule has 5 nitrogen and oxygen atoms in total. The molecule has 0 saturated heterocycles. The van der Waals surface area contributed by atoms with E-state index in [0.29, 0.717) is 17.5 Å². The zero-order valence-electron chi connectivity index (χ0n) is 36.8. The van der Waals surface area contributed by atoms with Crippen molar-refractivity contribution in [3.05, 3.63) is 243 Å². The fourth-order valence-electron chi connectivity index (χ4n) is 9.71. The molecular formula is C63H40N4O. The van der Waals surface area contributed by atoms with Crippen molar-refractivity contribution in [3.8, 4) is 84.4 Å². The van der Waals surface area contributed by atoms with Crippen LogP contribution in [0.4, 0.5) is 0 Å². The Hall–Kier alpha value is -9.19. The molecule has 0 radical (unpaired) electrons. The summed E-state index contributed by atoms with van der Waals surface area (Å²) in [6, 6.07) is 85.2. The number of fused-ring (bicyclic) bond motifs is 7. The number of hydrogen-bond donors (Lipinski definition) is 0. The Balaban J connectivity index is 0.935. The van der Waals surface area contributed by atoms with Crippen molar-refractivity contribution in [3.63, 3.8) is 0 Å². The van der Waals surface area contributed by atoms with Crippen molar-refractivity contribution in [1.29, 1.82) is 0 Å². The Bertz CT molecular complexity index is 3990. The zero-order chi connectivity index (χ0) is 45.0. The van der Waals surface area contributed by atoms with Crippen LogP contribution in [0, 0.1) is 0 Å². The lowest BCUT2D eigenvalue weighted by Crippen LogP contribution is -2.00. The number of hydrogen-bond acceptors (Lipinski definition) is 4. The standard InChI is InChI=1S/C63H40N4O/c1-4-14-41(15-5-1)44-26-28-46(29-27-44)61-64-62(50-23-13-22-49(39-50)43-18-8-3-9-19-43)66-63(65-61)51-32-35-55-58(40-51)68-57-37-36-54-53-24-10-11-25-56(53)67(60(54)59(55)57)52-33-30-45(31-34-52)48-21-12-20-47(38-48)42-16-6-2-7-17-42/h1-40H. The molecule has 0 aliphatic carbocycles. The van der Waals surface area contributed by atoms with E-state index in [9.17, 15) is 0 Å². The lowest BCUT2D eigenvalue weighted by Gasteiger charge is -2.11. The van der Waals surface area contributed by atoms with Crippen LogP contribution in [0.15, 0.2) is 247 Å². The maximum absolute atomic E-state index is 6.80. The smallest absolute Gasteiger partial charge is 0.164 e. The molecule has 0 amide bonds. The molecule has 10 aromatic carbocycles. The SMILES string of the molecule is c1ccc(-c2ccc(-c3nc(-c4cccc(-c5ccccc5)c4)nc(-c4ccc5c(c4)oc4ccc6c7ccccc7n(-c7ccc(-c8cccc(-c9ccccc9)c8)cc7)c6c45)n3)cc2)cc1. The van der Waals surface area contributed by atoms with Crippen molar-refractivity contribution >= 4 is 43.7 Å². The summed E-state index contributed by atoms with van der Waals surface area (Å²) < 4.78 is 9.19. The van der Waals surface area contributed by atoms with Gasteiger partial charge in [-0.25, -0.2) is 15.0 Å². The summed E-state index contributed by atoms with van der Waals surface area (Å²) in [7, 11) is 0. The van der Waals surface area contributed by atoms with Crippen LogP contribution >= 0.6 is 0 Å². The van der Waals surface area contributed by atoms with E-state index in [4.69, 9.17) is 19.4 Å². The number of aromatic nitrogens is 4. The highest BCUT2D eigenvalue weighted by atomic mass is 16.3. The Kier molecular flexibility index (Phi) is 9.43. The highest BCUT2D eigenvalue weighted by Crippen LogP contribution is 2.42. The zero-order valence-corrected chi connectivity index (χ0v) is 36.8. The first kappa shape index (κ1) is 39.2. The summed E-state index contributed by atoms with van der Waals surface area (Å²) in [5, 5.41) is 4.44. The first-order chi connectivity index (χ1) is 33.7. The molecule has 13 rings (SSSR count). The van der Waals surface area contributed by atoms with Gasteiger partial charge in [-0.1, -0.05) is 188 Å². The van der Waals surface area contributed by atoms with Gasteiger partial charge in [0.05, 0.1) is 16.4 Å². The van der Waals surface area contributed by atoms with Crippen LogP contribution in [0.1, 0.15) is 0 Å². The predicted octanol–water partition coefficient (Wildman–Crippen LogP) is 16.5. The minimum atomic E-state index is 0.568. The molecule has 0 atom stereocenters. The molecule has 0 aliphatic heterocycles. The molecule has 3 aromatic heterocycles. The van der Waals surface area contributed by atoms with E-state index in [1.165, 1.54) is 27.5 Å². The third-order valence-electron chi connectivity index (χ3n) is 13.1. The molecule has 0 fully saturated rings. The minimum absolute atomic E-state index is 0.568. The molecule has 0 saturated carbocycles. The topological polar surface area (TPSA) is 56.7 Å². The number of furan rings is 1. The van der Waals surface area contributed by atoms with Crippen molar-refractivity contribution in [2.75, 3.05) is 0 Å². The summed E-state index contributed by atoms with van der Waals surface area (Å²) in [4.78, 5) is 15.4. The van der Waals surface area contributed by atoms with Crippen LogP contribution in [0.3, 0.4) is 0 Å². The minimum Gasteiger partial charge on any atom is -0.456 e. The molecule has 3 heterocycles. The van der Waals surface area contributed by atoms with Gasteiger partial charge >= 0.3 is 0 Å². The first-order valence-electron chi connectivity index (χ1n) is 22.9. The predicted molar refractivity (Wildman–Crippen MR) is 279 cm³/mol. The molecule has 13 aromatic rings. The van der Waals surface area contributed by atoms with Gasteiger partial charge in [0, 0.05) is 38.5 Å². The van der Waals surface area contributed by atoms with Crippen LogP contribution < -0.4 is 0 Å². The second-order valence-corrected chi connectivity index (χ2v) is 17.2. The summed E-state index contributed by atoms with van der Waals surface area (Å²) in [5.41, 5.74) is 16.8. The summed E-state index contributed by atoms with van der Waals surface area (Å²) >= 11 is 0. The quantitative estimate of drug-likeness (QED) is 0.153. The summed E-state index contributed by atoms with van der Waals surface area (Å²) in [6.07, 6.45) is 0. The third-order valence-corrected chi connectivity index (χ3v) is 13.1. The molecule has 0 bridgehead atoms. The second kappa shape index (κ2) is 16.4. The summed E-state index contributed by atoms with van der Waals surface area (Å²) in [5.74, 6) is 1.76. The highest BCUT2D eigenvalue weighted by Gasteiger charge is 2.21. The lowest BCUT2D eigenvalue weighted by atomic mass is 9.99. The Labute approximate surface area is 392 Å². The van der Waals surface area contributed by atoms with Crippen molar-refractivity contribution < 1.29 is 4.42 Å². The van der Waals surface area contributed by atoms with E-state index in [1.54, 1.807) is 0 Å². The molecule has 0 unspecified atom stereocenters. The monoisotopic (exact) mass is 868 g/mol. The van der Waals surface area contributed by atoms with Gasteiger partial charge in [0.25, 0.3) is 0 Å². The van der Waals surface area contributed by atoms with Gasteiger partial charge < -0.3 is 8.98 Å². The lowest BCUT2D eigenvalue weighted by molar-refractivity contribution is 0.669. The largest absolute Gasteiger partial charge is 0.456 e. The molecule has 0 aliphatic rings. The van der Waals surface area contributed by atoms with Crippen molar-refractivity contribution in [1.82, 2.24) is 19.5 Å². The van der Waals surface area contributed by atoms with Crippen LogP contribution in [-0.4, -0.2) is 19.5 Å². The van der Waals surface area contributed by atoms with Gasteiger partial charge in [0.2, 0.25) is 0 Å². The van der Waals surface area contributed by atoms with Gasteiger partial charge in [0.15, 0.2) is 17.5 Å². The summed E-state index contributed by atoms with van der Waals surface area (Å²) in [6.45, 7) is 0. The van der Waals surface area contributed by atoms with E-state index in [2.05, 4.69) is 235 Å². The van der Waals surface area contributed by atoms with E-state index < -0.39 is 0 Å². The number of nitrogens with zero attached hydrogens (tertiary/aromatic N) is 4. The molecule has 318 valence electrons. The van der Waals surface area contributed by atoms with Crippen LogP contribution in [0.5, 0.6) is 0 Å². The van der Waals surface area contributed by atoms with E-state index >= 15 is 0 Å². The van der Waals surface area contributed by atoms with Crippen LogP contribution in [0.2, 0.25) is 0 Å². The fraction of sp³-hybridized carbons (Fsp3) is 0. The van der Waals surface area contributed by atoms with Gasteiger partial charge in [0.1, 0.15) is 11.2 Å². The van der Waals surface area contributed by atoms with Crippen LogP contribution in [0.25, 0.3) is 128 Å². The maximum Gasteiger partial charge on any atom is 0.164 e. The van der Waals surface area contributed by atoms with Gasteiger partial charge in [-0.3, -0.25) is 0 Å². The van der Waals surface area contributed by atoms with E-state index in [0.717, 1.165) is 83.2 Å². The Morgan fingerprint density at radius 3 is 1.34 bits per heavy atom. The first-order valence-corrected chi connectivity index (χ1v) is 22.9. The average molecular weight is 869 g/mol. The van der Waals surface area contributed by atoms with Gasteiger partial charge in [-0.2, -0.15) is 0 Å².